The maximum absolute atomic E-state index is 11.8. The van der Waals surface area contributed by atoms with Crippen LogP contribution in [0.25, 0.3) is 0 Å². The Kier molecular flexibility index (Phi) is 3.31. The number of rotatable bonds is 3. The third-order valence-corrected chi connectivity index (χ3v) is 4.90. The number of carbonyl (C=O) groups excluding carboxylic acids is 2. The Balaban J connectivity index is 2.21. The van der Waals surface area contributed by atoms with Crippen LogP contribution in [0.15, 0.2) is 0 Å². The summed E-state index contributed by atoms with van der Waals surface area (Å²) in [6, 6.07) is -0.835. The smallest absolute Gasteiger partial charge is 0.331 e. The van der Waals surface area contributed by atoms with E-state index in [0.717, 1.165) is 0 Å². The van der Waals surface area contributed by atoms with Gasteiger partial charge in [0, 0.05) is 4.75 Å². The van der Waals surface area contributed by atoms with E-state index in [2.05, 4.69) is 0 Å². The van der Waals surface area contributed by atoms with Crippen molar-refractivity contribution in [1.82, 2.24) is 4.90 Å². The fraction of sp³-hybridized carbons (Fsp3) is 0.800. The van der Waals surface area contributed by atoms with Gasteiger partial charge in [0.15, 0.2) is 6.07 Å². The number of thioether (sulfide) groups is 1. The van der Waals surface area contributed by atoms with Gasteiger partial charge >= 0.3 is 5.97 Å². The Morgan fingerprint density at radius 3 is 2.82 bits per heavy atom. The second-order valence-electron chi connectivity index (χ2n) is 4.62. The summed E-state index contributed by atoms with van der Waals surface area (Å²) in [5.41, 5.74) is 0. The zero-order valence-corrected chi connectivity index (χ0v) is 11.1. The van der Waals surface area contributed by atoms with Crippen LogP contribution in [0.3, 0.4) is 0 Å². The zero-order chi connectivity index (χ0) is 12.8. The van der Waals surface area contributed by atoms with E-state index in [1.807, 2.05) is 13.8 Å². The first-order valence-electron chi connectivity index (χ1n) is 5.27. The maximum atomic E-state index is 11.8. The van der Waals surface area contributed by atoms with Gasteiger partial charge in [0.1, 0.15) is 6.04 Å². The van der Waals surface area contributed by atoms with Gasteiger partial charge in [-0.1, -0.05) is 11.6 Å². The monoisotopic (exact) mass is 279 g/mol. The van der Waals surface area contributed by atoms with Crippen LogP contribution in [0, 0.1) is 5.92 Å². The van der Waals surface area contributed by atoms with Gasteiger partial charge in [0.25, 0.3) is 0 Å². The van der Waals surface area contributed by atoms with E-state index in [9.17, 15) is 9.59 Å². The summed E-state index contributed by atoms with van der Waals surface area (Å²) >= 11 is 6.89. The summed E-state index contributed by atoms with van der Waals surface area (Å²) in [5, 5.41) is 8.97. The Labute approximate surface area is 108 Å². The van der Waals surface area contributed by atoms with Gasteiger partial charge in [-0.2, -0.15) is 0 Å². The normalized spacial score (nSPS) is 34.2. The molecule has 2 aliphatic rings. The summed E-state index contributed by atoms with van der Waals surface area (Å²) in [7, 11) is 0. The average Bonchev–Trinajstić information content (AvgIpc) is 2.48. The molecule has 17 heavy (non-hydrogen) atoms. The minimum atomic E-state index is -0.619. The summed E-state index contributed by atoms with van der Waals surface area (Å²) in [6.07, 6.45) is 0. The van der Waals surface area contributed by atoms with Crippen LogP contribution in [0.2, 0.25) is 0 Å². The molecule has 2 heterocycles. The molecular weight excluding hydrogens is 266 g/mol. The van der Waals surface area contributed by atoms with Crippen molar-refractivity contribution >= 4 is 35.2 Å². The fourth-order valence-corrected chi connectivity index (χ4v) is 4.15. The van der Waals surface area contributed by atoms with Gasteiger partial charge in [-0.25, -0.2) is 4.79 Å². The number of aliphatic hydroxyl groups excluding tert-OH is 1. The number of fused-ring (bicyclic) bond motifs is 1. The van der Waals surface area contributed by atoms with Crippen molar-refractivity contribution in [3.05, 3.63) is 0 Å². The van der Waals surface area contributed by atoms with Crippen LogP contribution >= 0.6 is 23.4 Å². The van der Waals surface area contributed by atoms with E-state index in [1.54, 1.807) is 0 Å². The molecule has 3 atom stereocenters. The lowest BCUT2D eigenvalue weighted by molar-refractivity contribution is -0.167. The Morgan fingerprint density at radius 1 is 1.65 bits per heavy atom. The predicted octanol–water partition coefficient (Wildman–Crippen LogP) is 0.397. The highest BCUT2D eigenvalue weighted by Gasteiger charge is 2.63. The zero-order valence-electron chi connectivity index (χ0n) is 9.55. The molecule has 0 spiro atoms. The molecule has 0 aromatic carbocycles. The van der Waals surface area contributed by atoms with E-state index in [4.69, 9.17) is 21.4 Å². The van der Waals surface area contributed by atoms with Gasteiger partial charge in [-0.3, -0.25) is 4.79 Å². The first kappa shape index (κ1) is 13.0. The minimum Gasteiger partial charge on any atom is -0.448 e. The summed E-state index contributed by atoms with van der Waals surface area (Å²) in [6.45, 7) is 3.59. The Morgan fingerprint density at radius 2 is 2.29 bits per heavy atom. The number of β-lactam (4-membered cyclic amide) rings is 1. The standard InChI is InChI=1S/C10H14ClNO4S/c1-10(2)6(9(15)16-4-11)12-7(14)5(3-13)8(12)17-10/h5-6,8,13H,3-4H2,1-2H3/t5-,6+,8-/m1/s1. The van der Waals surface area contributed by atoms with Crippen LogP contribution < -0.4 is 0 Å². The average molecular weight is 280 g/mol. The molecule has 2 rings (SSSR count). The summed E-state index contributed by atoms with van der Waals surface area (Å²) in [5.74, 6) is -1.06. The Bertz CT molecular complexity index is 362. The first-order valence-corrected chi connectivity index (χ1v) is 6.69. The van der Waals surface area contributed by atoms with Crippen LogP contribution in [-0.4, -0.2) is 50.7 Å². The third kappa shape index (κ3) is 1.82. The van der Waals surface area contributed by atoms with Crippen molar-refractivity contribution in [2.24, 2.45) is 5.92 Å². The quantitative estimate of drug-likeness (QED) is 0.460. The number of alkyl halides is 1. The molecule has 1 N–H and O–H groups in total. The number of carbonyl (C=O) groups is 2. The van der Waals surface area contributed by atoms with Gasteiger partial charge in [0.2, 0.25) is 5.91 Å². The van der Waals surface area contributed by atoms with Gasteiger partial charge in [0.05, 0.1) is 17.9 Å². The SMILES string of the molecule is CC1(C)S[C@@H]2[C@H](CO)C(=O)N2[C@H]1C(=O)OCCl. The van der Waals surface area contributed by atoms with Gasteiger partial charge in [-0.15, -0.1) is 11.8 Å². The number of aliphatic hydroxyl groups is 1. The van der Waals surface area contributed by atoms with E-state index >= 15 is 0 Å². The number of nitrogens with zero attached hydrogens (tertiary/aromatic N) is 1. The molecule has 0 radical (unpaired) electrons. The molecule has 2 aliphatic heterocycles. The number of halogens is 1. The fourth-order valence-electron chi connectivity index (χ4n) is 2.37. The molecule has 1 amide bonds. The molecule has 2 saturated heterocycles. The second-order valence-corrected chi connectivity index (χ2v) is 6.61. The number of hydrogen-bond donors (Lipinski definition) is 1. The van der Waals surface area contributed by atoms with Gasteiger partial charge < -0.3 is 14.7 Å². The molecule has 0 aliphatic carbocycles. The van der Waals surface area contributed by atoms with Crippen molar-refractivity contribution in [2.45, 2.75) is 30.0 Å². The van der Waals surface area contributed by atoms with Crippen molar-refractivity contribution in [1.29, 1.82) is 0 Å². The highest BCUT2D eigenvalue weighted by molar-refractivity contribution is 8.01. The highest BCUT2D eigenvalue weighted by Crippen LogP contribution is 2.53. The second kappa shape index (κ2) is 4.33. The molecule has 0 aromatic rings. The molecule has 0 unspecified atom stereocenters. The van der Waals surface area contributed by atoms with Crippen molar-refractivity contribution < 1.29 is 19.4 Å². The largest absolute Gasteiger partial charge is 0.448 e. The van der Waals surface area contributed by atoms with Crippen molar-refractivity contribution in [3.63, 3.8) is 0 Å². The molecule has 0 bridgehead atoms. The lowest BCUT2D eigenvalue weighted by Gasteiger charge is -2.43. The molecule has 2 fully saturated rings. The molecule has 7 heteroatoms. The van der Waals surface area contributed by atoms with E-state index in [-0.39, 0.29) is 24.0 Å². The third-order valence-electron chi connectivity index (χ3n) is 3.17. The number of ether oxygens (including phenoxy) is 1. The van der Waals surface area contributed by atoms with Crippen LogP contribution in [0.4, 0.5) is 0 Å². The van der Waals surface area contributed by atoms with E-state index in [1.165, 1.54) is 16.7 Å². The molecule has 0 aromatic heterocycles. The number of amides is 1. The van der Waals surface area contributed by atoms with Crippen molar-refractivity contribution in [2.75, 3.05) is 12.7 Å². The van der Waals surface area contributed by atoms with Crippen LogP contribution in [-0.2, 0) is 14.3 Å². The maximum Gasteiger partial charge on any atom is 0.331 e. The minimum absolute atomic E-state index is 0.129. The number of hydrogen-bond acceptors (Lipinski definition) is 5. The molecule has 5 nitrogen and oxygen atoms in total. The molecule has 96 valence electrons. The topological polar surface area (TPSA) is 66.8 Å². The van der Waals surface area contributed by atoms with Crippen LogP contribution in [0.5, 0.6) is 0 Å². The first-order chi connectivity index (χ1) is 7.94. The summed E-state index contributed by atoms with van der Waals surface area (Å²) < 4.78 is 4.36. The predicted molar refractivity (Wildman–Crippen MR) is 63.5 cm³/mol. The molecular formula is C10H14ClNO4S. The lowest BCUT2D eigenvalue weighted by atomic mass is 9.92. The number of esters is 1. The lowest BCUT2D eigenvalue weighted by Crippen LogP contribution is -2.63. The van der Waals surface area contributed by atoms with Gasteiger partial charge in [-0.05, 0) is 13.8 Å². The van der Waals surface area contributed by atoms with E-state index < -0.39 is 22.7 Å². The molecule has 0 saturated carbocycles. The Hall–Kier alpha value is -0.460. The van der Waals surface area contributed by atoms with Crippen molar-refractivity contribution in [3.8, 4) is 0 Å². The highest BCUT2D eigenvalue weighted by atomic mass is 35.5. The summed E-state index contributed by atoms with van der Waals surface area (Å²) in [4.78, 5) is 25.1. The van der Waals surface area contributed by atoms with Crippen LogP contribution in [0.1, 0.15) is 13.8 Å². The van der Waals surface area contributed by atoms with E-state index in [0.29, 0.717) is 0 Å².